The number of fused-ring (bicyclic) bond motifs is 4. The van der Waals surface area contributed by atoms with E-state index in [2.05, 4.69) is 46.3 Å². The van der Waals surface area contributed by atoms with Crippen molar-refractivity contribution in [2.45, 2.75) is 197 Å². The van der Waals surface area contributed by atoms with E-state index in [9.17, 15) is 0 Å². The third-order valence-electron chi connectivity index (χ3n) is 16.5. The van der Waals surface area contributed by atoms with Crippen LogP contribution in [0.25, 0.3) is 0 Å². The Morgan fingerprint density at radius 1 is 0.542 bits per heavy atom. The highest BCUT2D eigenvalue weighted by Gasteiger charge is 2.58. The first-order chi connectivity index (χ1) is 23.8. The summed E-state index contributed by atoms with van der Waals surface area (Å²) in [5.41, 5.74) is 3.66. The average molecular weight is 651 g/mol. The fourth-order valence-electron chi connectivity index (χ4n) is 14.3. The van der Waals surface area contributed by atoms with Gasteiger partial charge in [0.25, 0.3) is 0 Å². The molecular weight excluding hydrogens is 581 g/mol. The zero-order valence-corrected chi connectivity index (χ0v) is 30.7. The Hall–Kier alpha value is -1.28. The maximum Gasteiger partial charge on any atom is 0.0448 e. The quantitative estimate of drug-likeness (QED) is 0.264. The van der Waals surface area contributed by atoms with Crippen LogP contribution >= 0.6 is 0 Å². The number of allylic oxidation sites excluding steroid dienone is 7. The molecule has 0 aromatic heterocycles. The molecule has 9 rings (SSSR count). The van der Waals surface area contributed by atoms with E-state index in [1.54, 1.807) is 25.7 Å². The fraction of sp³-hybridized carbons (Fsp3) is 0.826. The van der Waals surface area contributed by atoms with Crippen molar-refractivity contribution < 1.29 is 0 Å². The highest BCUT2D eigenvalue weighted by Crippen LogP contribution is 2.57. The maximum absolute atomic E-state index is 3.35. The standard InChI is InChI=1S/C46H70N2/c1-4-13-33(14-5-1)35-23-27-40(28-24-35)47(41-29-25-36(26-30-41)34-15-6-2-7-16-34)44-22-12-21-42-43-31-37-17-10-11-18-38(37)32-45(43)48(46(42)44)39-19-8-3-9-20-39/h1,3-4,8,15,29,33,35-40,42-46H,2,5-7,9-14,16-28,30-32H2/t33?,35?,36?,37-,38?,39?,40?,42+,43?,44+,45?,46?/m1/s1. The highest BCUT2D eigenvalue weighted by molar-refractivity contribution is 5.21. The fourth-order valence-corrected chi connectivity index (χ4v) is 14.3. The molecule has 7 unspecified atom stereocenters. The van der Waals surface area contributed by atoms with Gasteiger partial charge in [-0.2, -0.15) is 0 Å². The zero-order chi connectivity index (χ0) is 31.9. The molecule has 0 spiro atoms. The molecule has 2 nitrogen and oxygen atoms in total. The smallest absolute Gasteiger partial charge is 0.0448 e. The minimum Gasteiger partial charge on any atom is -0.368 e. The Kier molecular flexibility index (Phi) is 10.0. The van der Waals surface area contributed by atoms with Gasteiger partial charge in [0.05, 0.1) is 0 Å². The van der Waals surface area contributed by atoms with Crippen LogP contribution in [0.3, 0.4) is 0 Å². The third-order valence-corrected chi connectivity index (χ3v) is 16.5. The lowest BCUT2D eigenvalue weighted by Crippen LogP contribution is -2.59. The van der Waals surface area contributed by atoms with Gasteiger partial charge in [-0.25, -0.2) is 0 Å². The lowest BCUT2D eigenvalue weighted by molar-refractivity contribution is -0.00647. The van der Waals surface area contributed by atoms with Crippen LogP contribution in [-0.2, 0) is 0 Å². The molecule has 2 heteroatoms. The second-order valence-corrected chi connectivity index (χ2v) is 18.8. The first kappa shape index (κ1) is 32.6. The summed E-state index contributed by atoms with van der Waals surface area (Å²) >= 11 is 0. The van der Waals surface area contributed by atoms with Gasteiger partial charge in [-0.15, -0.1) is 0 Å². The first-order valence-corrected chi connectivity index (χ1v) is 22.1. The summed E-state index contributed by atoms with van der Waals surface area (Å²) in [6, 6.07) is 4.05. The van der Waals surface area contributed by atoms with E-state index < -0.39 is 0 Å². The van der Waals surface area contributed by atoms with Crippen molar-refractivity contribution in [2.75, 3.05) is 0 Å². The van der Waals surface area contributed by atoms with Gasteiger partial charge in [0, 0.05) is 35.9 Å². The molecule has 10 atom stereocenters. The monoisotopic (exact) mass is 651 g/mol. The summed E-state index contributed by atoms with van der Waals surface area (Å²) in [7, 11) is 0. The Bertz CT molecular complexity index is 1220. The van der Waals surface area contributed by atoms with Crippen LogP contribution in [0.2, 0.25) is 0 Å². The molecule has 1 saturated heterocycles. The van der Waals surface area contributed by atoms with Crippen LogP contribution in [0.4, 0.5) is 0 Å². The van der Waals surface area contributed by atoms with Crippen LogP contribution in [0, 0.1) is 41.4 Å². The van der Waals surface area contributed by atoms with E-state index in [4.69, 9.17) is 0 Å². The largest absolute Gasteiger partial charge is 0.368 e. The van der Waals surface area contributed by atoms with Crippen LogP contribution in [0.1, 0.15) is 167 Å². The van der Waals surface area contributed by atoms with E-state index >= 15 is 0 Å². The number of hydrogen-bond donors (Lipinski definition) is 0. The van der Waals surface area contributed by atoms with Crippen LogP contribution in [0.15, 0.2) is 47.7 Å². The van der Waals surface area contributed by atoms with Crippen molar-refractivity contribution in [3.63, 3.8) is 0 Å². The van der Waals surface area contributed by atoms with Crippen LogP contribution in [-0.4, -0.2) is 40.0 Å². The molecule has 9 aliphatic rings. The number of rotatable bonds is 6. The van der Waals surface area contributed by atoms with Crippen molar-refractivity contribution >= 4 is 0 Å². The van der Waals surface area contributed by atoms with Crippen molar-refractivity contribution in [2.24, 2.45) is 41.4 Å². The van der Waals surface area contributed by atoms with Gasteiger partial charge in [-0.05, 0) is 176 Å². The highest BCUT2D eigenvalue weighted by atomic mass is 15.3. The van der Waals surface area contributed by atoms with Crippen LogP contribution < -0.4 is 0 Å². The number of likely N-dealkylation sites (tertiary alicyclic amines) is 1. The normalized spacial score (nSPS) is 45.0. The molecule has 0 aromatic rings. The summed E-state index contributed by atoms with van der Waals surface area (Å²) in [5.74, 6) is 6.83. The SMILES string of the molecule is C1=CCC(C2CCC(N(C3=CCC(C4=CCCCC4)CC3)[C@H]3CCC[C@H]4C5C[C@H]6CCCCC6CC5N(C5CC=CCC5)C43)CC2)CC1. The van der Waals surface area contributed by atoms with Crippen LogP contribution in [0.5, 0.6) is 0 Å². The van der Waals surface area contributed by atoms with E-state index in [1.165, 1.54) is 141 Å². The zero-order valence-electron chi connectivity index (χ0n) is 30.7. The minimum atomic E-state index is 0.762. The predicted octanol–water partition coefficient (Wildman–Crippen LogP) is 11.9. The summed E-state index contributed by atoms with van der Waals surface area (Å²) < 4.78 is 0. The van der Waals surface area contributed by atoms with Gasteiger partial charge in [0.2, 0.25) is 0 Å². The van der Waals surface area contributed by atoms with Gasteiger partial charge in [0.15, 0.2) is 0 Å². The van der Waals surface area contributed by atoms with E-state index in [0.717, 1.165) is 71.6 Å². The molecular formula is C46H70N2. The van der Waals surface area contributed by atoms with Crippen molar-refractivity contribution in [3.8, 4) is 0 Å². The summed E-state index contributed by atoms with van der Waals surface area (Å²) in [4.78, 5) is 6.62. The Morgan fingerprint density at radius 2 is 1.38 bits per heavy atom. The second kappa shape index (κ2) is 14.8. The van der Waals surface area contributed by atoms with Gasteiger partial charge < -0.3 is 4.90 Å². The molecule has 0 amide bonds. The number of nitrogens with zero attached hydrogens (tertiary/aromatic N) is 2. The van der Waals surface area contributed by atoms with E-state index in [0.29, 0.717) is 0 Å². The Labute approximate surface area is 295 Å². The topological polar surface area (TPSA) is 6.48 Å². The molecule has 8 aliphatic carbocycles. The molecule has 264 valence electrons. The lowest BCUT2D eigenvalue weighted by atomic mass is 9.62. The van der Waals surface area contributed by atoms with E-state index in [1.807, 2.05) is 11.3 Å². The third kappa shape index (κ3) is 6.38. The van der Waals surface area contributed by atoms with Gasteiger partial charge in [-0.1, -0.05) is 74.1 Å². The van der Waals surface area contributed by atoms with Gasteiger partial charge >= 0.3 is 0 Å². The molecule has 0 bridgehead atoms. The summed E-state index contributed by atoms with van der Waals surface area (Å²) in [6.45, 7) is 0. The molecule has 4 saturated carbocycles. The predicted molar refractivity (Wildman–Crippen MR) is 202 cm³/mol. The first-order valence-electron chi connectivity index (χ1n) is 22.1. The minimum absolute atomic E-state index is 0.762. The lowest BCUT2D eigenvalue weighted by Gasteiger charge is -2.53. The summed E-state index contributed by atoms with van der Waals surface area (Å²) in [6.07, 6.45) is 53.2. The summed E-state index contributed by atoms with van der Waals surface area (Å²) in [5, 5.41) is 0. The number of hydrogen-bond acceptors (Lipinski definition) is 2. The van der Waals surface area contributed by atoms with Crippen molar-refractivity contribution in [1.82, 2.24) is 9.80 Å². The Morgan fingerprint density at radius 3 is 2.10 bits per heavy atom. The second-order valence-electron chi connectivity index (χ2n) is 18.8. The maximum atomic E-state index is 3.35. The molecule has 0 radical (unpaired) electrons. The molecule has 0 aromatic carbocycles. The molecule has 0 N–H and O–H groups in total. The van der Waals surface area contributed by atoms with Gasteiger partial charge in [0.1, 0.15) is 0 Å². The van der Waals surface area contributed by atoms with E-state index in [-0.39, 0.29) is 0 Å². The average Bonchev–Trinajstić information content (AvgIpc) is 3.49. The molecule has 48 heavy (non-hydrogen) atoms. The molecule has 1 aliphatic heterocycles. The molecule has 1 heterocycles. The van der Waals surface area contributed by atoms with Crippen molar-refractivity contribution in [3.05, 3.63) is 47.7 Å². The van der Waals surface area contributed by atoms with Crippen molar-refractivity contribution in [1.29, 1.82) is 0 Å². The Balaban J connectivity index is 1.03. The van der Waals surface area contributed by atoms with Gasteiger partial charge in [-0.3, -0.25) is 4.90 Å². The molecule has 5 fully saturated rings.